The molecule has 1 aromatic carbocycles. The van der Waals surface area contributed by atoms with E-state index in [2.05, 4.69) is 28.2 Å². The molecule has 3 N–H and O–H groups in total. The average molecular weight is 271 g/mol. The predicted octanol–water partition coefficient (Wildman–Crippen LogP) is 2.30. The van der Waals surface area contributed by atoms with Gasteiger partial charge in [-0.05, 0) is 37.1 Å². The molecule has 0 heterocycles. The zero-order valence-corrected chi connectivity index (χ0v) is 10.5. The molecule has 0 radical (unpaired) electrons. The van der Waals surface area contributed by atoms with Crippen molar-refractivity contribution in [2.75, 3.05) is 5.32 Å². The lowest BCUT2D eigenvalue weighted by molar-refractivity contribution is -0.118. The molecule has 1 rings (SSSR count). The van der Waals surface area contributed by atoms with Gasteiger partial charge in [-0.15, -0.1) is 0 Å². The minimum absolute atomic E-state index is 0.347. The normalized spacial score (nSPS) is 12.2. The number of carbonyl (C=O) groups is 1. The summed E-state index contributed by atoms with van der Waals surface area (Å²) in [4.78, 5) is 10.9. The van der Waals surface area contributed by atoms with Crippen LogP contribution in [0.3, 0.4) is 0 Å². The number of amides is 1. The van der Waals surface area contributed by atoms with Gasteiger partial charge in [0.2, 0.25) is 5.91 Å². The second-order valence-electron chi connectivity index (χ2n) is 3.42. The Morgan fingerprint density at radius 1 is 1.60 bits per heavy atom. The Labute approximate surface area is 98.2 Å². The van der Waals surface area contributed by atoms with Crippen LogP contribution in [-0.2, 0) is 11.2 Å². The van der Waals surface area contributed by atoms with Crippen molar-refractivity contribution < 1.29 is 4.79 Å². The predicted molar refractivity (Wildman–Crippen MR) is 65.8 cm³/mol. The standard InChI is InChI=1S/C11H15BrN2O/c1-3-8-6-9(12)4-5-10(8)14-7(2)11(13)15/h4-7,14H,3H2,1-2H3,(H2,13,15). The van der Waals surface area contributed by atoms with Gasteiger partial charge < -0.3 is 11.1 Å². The third-order valence-corrected chi connectivity index (χ3v) is 2.74. The topological polar surface area (TPSA) is 55.1 Å². The lowest BCUT2D eigenvalue weighted by Gasteiger charge is -2.15. The molecule has 0 saturated carbocycles. The first-order valence-electron chi connectivity index (χ1n) is 4.89. The fraction of sp³-hybridized carbons (Fsp3) is 0.364. The van der Waals surface area contributed by atoms with Gasteiger partial charge in [0, 0.05) is 10.2 Å². The third kappa shape index (κ3) is 3.23. The molecule has 0 aromatic heterocycles. The monoisotopic (exact) mass is 270 g/mol. The van der Waals surface area contributed by atoms with Crippen molar-refractivity contribution in [3.63, 3.8) is 0 Å². The number of carbonyl (C=O) groups excluding carboxylic acids is 1. The molecule has 1 amide bonds. The Kier molecular flexibility index (Phi) is 4.15. The summed E-state index contributed by atoms with van der Waals surface area (Å²) in [5, 5.41) is 3.09. The van der Waals surface area contributed by atoms with E-state index in [1.807, 2.05) is 18.2 Å². The van der Waals surface area contributed by atoms with Crippen LogP contribution in [0, 0.1) is 0 Å². The lowest BCUT2D eigenvalue weighted by Crippen LogP contribution is -2.32. The van der Waals surface area contributed by atoms with Gasteiger partial charge in [0.1, 0.15) is 6.04 Å². The molecule has 0 bridgehead atoms. The van der Waals surface area contributed by atoms with E-state index < -0.39 is 0 Å². The van der Waals surface area contributed by atoms with Gasteiger partial charge in [-0.25, -0.2) is 0 Å². The molecule has 0 spiro atoms. The van der Waals surface area contributed by atoms with Crippen LogP contribution >= 0.6 is 15.9 Å². The zero-order chi connectivity index (χ0) is 11.4. The van der Waals surface area contributed by atoms with Gasteiger partial charge in [-0.3, -0.25) is 4.79 Å². The Balaban J connectivity index is 2.89. The van der Waals surface area contributed by atoms with Crippen LogP contribution in [0.25, 0.3) is 0 Å². The maximum atomic E-state index is 10.9. The fourth-order valence-corrected chi connectivity index (χ4v) is 1.71. The van der Waals surface area contributed by atoms with Gasteiger partial charge in [-0.2, -0.15) is 0 Å². The first kappa shape index (κ1) is 12.0. The molecule has 1 aromatic rings. The number of aryl methyl sites for hydroxylation is 1. The SMILES string of the molecule is CCc1cc(Br)ccc1NC(C)C(N)=O. The van der Waals surface area contributed by atoms with Crippen molar-refractivity contribution >= 4 is 27.5 Å². The van der Waals surface area contributed by atoms with Gasteiger partial charge >= 0.3 is 0 Å². The van der Waals surface area contributed by atoms with E-state index in [0.717, 1.165) is 22.1 Å². The summed E-state index contributed by atoms with van der Waals surface area (Å²) in [6.45, 7) is 3.83. The Hall–Kier alpha value is -1.03. The first-order chi connectivity index (χ1) is 7.04. The number of nitrogens with one attached hydrogen (secondary N) is 1. The molecule has 0 aliphatic heterocycles. The number of rotatable bonds is 4. The molecule has 3 nitrogen and oxygen atoms in total. The highest BCUT2D eigenvalue weighted by molar-refractivity contribution is 9.10. The molecule has 15 heavy (non-hydrogen) atoms. The summed E-state index contributed by atoms with van der Waals surface area (Å²) in [5.41, 5.74) is 7.32. The average Bonchev–Trinajstić information content (AvgIpc) is 2.20. The zero-order valence-electron chi connectivity index (χ0n) is 8.88. The largest absolute Gasteiger partial charge is 0.374 e. The number of hydrogen-bond donors (Lipinski definition) is 2. The molecule has 0 saturated heterocycles. The van der Waals surface area contributed by atoms with E-state index in [4.69, 9.17) is 5.73 Å². The van der Waals surface area contributed by atoms with E-state index in [1.54, 1.807) is 6.92 Å². The van der Waals surface area contributed by atoms with Crippen molar-refractivity contribution in [2.45, 2.75) is 26.3 Å². The number of primary amides is 1. The second kappa shape index (κ2) is 5.16. The molecule has 0 aliphatic carbocycles. The quantitative estimate of drug-likeness (QED) is 0.882. The highest BCUT2D eigenvalue weighted by atomic mass is 79.9. The fourth-order valence-electron chi connectivity index (χ4n) is 1.30. The summed E-state index contributed by atoms with van der Waals surface area (Å²) >= 11 is 3.41. The molecule has 0 aliphatic rings. The second-order valence-corrected chi connectivity index (χ2v) is 4.34. The van der Waals surface area contributed by atoms with Crippen molar-refractivity contribution in [1.82, 2.24) is 0 Å². The van der Waals surface area contributed by atoms with Gasteiger partial charge in [0.05, 0.1) is 0 Å². The molecule has 4 heteroatoms. The van der Waals surface area contributed by atoms with Crippen molar-refractivity contribution in [3.8, 4) is 0 Å². The minimum Gasteiger partial charge on any atom is -0.374 e. The van der Waals surface area contributed by atoms with Crippen LogP contribution in [0.15, 0.2) is 22.7 Å². The number of halogens is 1. The van der Waals surface area contributed by atoms with Gasteiger partial charge in [0.25, 0.3) is 0 Å². The van der Waals surface area contributed by atoms with Crippen LogP contribution in [0.5, 0.6) is 0 Å². The molecular formula is C11H15BrN2O. The molecular weight excluding hydrogens is 256 g/mol. The third-order valence-electron chi connectivity index (χ3n) is 2.25. The Morgan fingerprint density at radius 2 is 2.27 bits per heavy atom. The first-order valence-corrected chi connectivity index (χ1v) is 5.68. The molecule has 1 atom stereocenters. The highest BCUT2D eigenvalue weighted by Crippen LogP contribution is 2.22. The summed E-state index contributed by atoms with van der Waals surface area (Å²) in [6.07, 6.45) is 0.910. The lowest BCUT2D eigenvalue weighted by atomic mass is 10.1. The summed E-state index contributed by atoms with van der Waals surface area (Å²) in [5.74, 6) is -0.347. The highest BCUT2D eigenvalue weighted by Gasteiger charge is 2.10. The van der Waals surface area contributed by atoms with Crippen molar-refractivity contribution in [2.24, 2.45) is 5.73 Å². The molecule has 82 valence electrons. The van der Waals surface area contributed by atoms with Crippen molar-refractivity contribution in [3.05, 3.63) is 28.2 Å². The number of anilines is 1. The summed E-state index contributed by atoms with van der Waals surface area (Å²) in [6, 6.07) is 5.57. The van der Waals surface area contributed by atoms with E-state index in [1.165, 1.54) is 0 Å². The van der Waals surface area contributed by atoms with E-state index in [0.29, 0.717) is 0 Å². The number of nitrogens with two attached hydrogens (primary N) is 1. The van der Waals surface area contributed by atoms with Crippen LogP contribution in [-0.4, -0.2) is 11.9 Å². The Bertz CT molecular complexity index is 366. The number of benzene rings is 1. The van der Waals surface area contributed by atoms with Gasteiger partial charge in [-0.1, -0.05) is 22.9 Å². The van der Waals surface area contributed by atoms with Crippen molar-refractivity contribution in [1.29, 1.82) is 0 Å². The van der Waals surface area contributed by atoms with Crippen LogP contribution in [0.4, 0.5) is 5.69 Å². The molecule has 0 fully saturated rings. The van der Waals surface area contributed by atoms with E-state index in [9.17, 15) is 4.79 Å². The molecule has 1 unspecified atom stereocenters. The summed E-state index contributed by atoms with van der Waals surface area (Å²) in [7, 11) is 0. The van der Waals surface area contributed by atoms with E-state index in [-0.39, 0.29) is 11.9 Å². The van der Waals surface area contributed by atoms with Crippen LogP contribution in [0.1, 0.15) is 19.4 Å². The van der Waals surface area contributed by atoms with Gasteiger partial charge in [0.15, 0.2) is 0 Å². The number of hydrogen-bond acceptors (Lipinski definition) is 2. The van der Waals surface area contributed by atoms with Crippen LogP contribution in [0.2, 0.25) is 0 Å². The maximum Gasteiger partial charge on any atom is 0.239 e. The maximum absolute atomic E-state index is 10.9. The van der Waals surface area contributed by atoms with E-state index >= 15 is 0 Å². The Morgan fingerprint density at radius 3 is 2.80 bits per heavy atom. The van der Waals surface area contributed by atoms with Crippen LogP contribution < -0.4 is 11.1 Å². The summed E-state index contributed by atoms with van der Waals surface area (Å²) < 4.78 is 1.04. The minimum atomic E-state index is -0.350. The smallest absolute Gasteiger partial charge is 0.239 e.